The predicted octanol–water partition coefficient (Wildman–Crippen LogP) is 4.91. The Morgan fingerprint density at radius 3 is 2.46 bits per heavy atom. The van der Waals surface area contributed by atoms with Gasteiger partial charge in [-0.2, -0.15) is 0 Å². The number of nitrogens with zero attached hydrogens (tertiary/aromatic N) is 2. The van der Waals surface area contributed by atoms with Crippen LogP contribution in [0, 0.1) is 18.7 Å². The van der Waals surface area contributed by atoms with Gasteiger partial charge in [-0.05, 0) is 81.0 Å². The standard InChI is InChI=1S/C23H24FN3O/c1-15-25-10-11-27(15)21-13-17(16-4-8-20(24)9-5-16)12-18(14-21)22(28)26-23(2,3)19-6-7-19/h4-5,8-14,19H,6-7H2,1-3H3,(H,26,28). The summed E-state index contributed by atoms with van der Waals surface area (Å²) in [5.41, 5.74) is 2.93. The molecule has 4 rings (SSSR count). The van der Waals surface area contributed by atoms with Gasteiger partial charge < -0.3 is 9.88 Å². The Kier molecular flexibility index (Phi) is 4.53. The van der Waals surface area contributed by atoms with Crippen LogP contribution in [0.5, 0.6) is 0 Å². The van der Waals surface area contributed by atoms with E-state index in [4.69, 9.17) is 0 Å². The van der Waals surface area contributed by atoms with Gasteiger partial charge in [-0.3, -0.25) is 4.79 Å². The zero-order valence-electron chi connectivity index (χ0n) is 16.4. The monoisotopic (exact) mass is 377 g/mol. The SMILES string of the molecule is Cc1nccn1-c1cc(C(=O)NC(C)(C)C2CC2)cc(-c2ccc(F)cc2)c1. The van der Waals surface area contributed by atoms with Crippen molar-refractivity contribution in [3.63, 3.8) is 0 Å². The minimum atomic E-state index is -0.283. The summed E-state index contributed by atoms with van der Waals surface area (Å²) in [5.74, 6) is 0.988. The molecule has 0 atom stereocenters. The molecule has 144 valence electrons. The van der Waals surface area contributed by atoms with E-state index in [-0.39, 0.29) is 17.3 Å². The molecule has 1 saturated carbocycles. The average molecular weight is 377 g/mol. The third-order valence-corrected chi connectivity index (χ3v) is 5.50. The highest BCUT2D eigenvalue weighted by Gasteiger charge is 2.38. The molecule has 0 saturated heterocycles. The molecule has 1 aliphatic rings. The normalized spacial score (nSPS) is 14.1. The fourth-order valence-corrected chi connectivity index (χ4v) is 3.61. The maximum atomic E-state index is 13.4. The van der Waals surface area contributed by atoms with E-state index in [2.05, 4.69) is 24.1 Å². The van der Waals surface area contributed by atoms with Crippen molar-refractivity contribution in [1.29, 1.82) is 0 Å². The van der Waals surface area contributed by atoms with Crippen LogP contribution in [-0.2, 0) is 0 Å². The maximum absolute atomic E-state index is 13.4. The summed E-state index contributed by atoms with van der Waals surface area (Å²) in [4.78, 5) is 17.3. The lowest BCUT2D eigenvalue weighted by Crippen LogP contribution is -2.45. The molecule has 1 fully saturated rings. The summed E-state index contributed by atoms with van der Waals surface area (Å²) in [7, 11) is 0. The number of hydrogen-bond acceptors (Lipinski definition) is 2. The Morgan fingerprint density at radius 1 is 1.14 bits per heavy atom. The molecule has 0 radical (unpaired) electrons. The van der Waals surface area contributed by atoms with E-state index >= 15 is 0 Å². The minimum absolute atomic E-state index is 0.0973. The van der Waals surface area contributed by atoms with Gasteiger partial charge in [0.05, 0.1) is 0 Å². The van der Waals surface area contributed by atoms with Crippen molar-refractivity contribution in [3.05, 3.63) is 72.1 Å². The maximum Gasteiger partial charge on any atom is 0.251 e. The van der Waals surface area contributed by atoms with Crippen molar-refractivity contribution >= 4 is 5.91 Å². The lowest BCUT2D eigenvalue weighted by molar-refractivity contribution is 0.0903. The molecule has 0 aliphatic heterocycles. The van der Waals surface area contributed by atoms with Crippen molar-refractivity contribution in [2.45, 2.75) is 39.2 Å². The smallest absolute Gasteiger partial charge is 0.251 e. The highest BCUT2D eigenvalue weighted by Crippen LogP contribution is 2.39. The molecule has 0 bridgehead atoms. The first-order valence-corrected chi connectivity index (χ1v) is 9.57. The zero-order valence-corrected chi connectivity index (χ0v) is 16.4. The van der Waals surface area contributed by atoms with Crippen LogP contribution < -0.4 is 5.32 Å². The van der Waals surface area contributed by atoms with Crippen LogP contribution in [0.3, 0.4) is 0 Å². The number of rotatable bonds is 5. The van der Waals surface area contributed by atoms with Crippen LogP contribution in [0.2, 0.25) is 0 Å². The second-order valence-electron chi connectivity index (χ2n) is 8.07. The highest BCUT2D eigenvalue weighted by atomic mass is 19.1. The summed E-state index contributed by atoms with van der Waals surface area (Å²) >= 11 is 0. The van der Waals surface area contributed by atoms with Gasteiger partial charge in [-0.15, -0.1) is 0 Å². The Labute approximate surface area is 164 Å². The number of carbonyl (C=O) groups is 1. The molecule has 4 nitrogen and oxygen atoms in total. The molecule has 1 heterocycles. The van der Waals surface area contributed by atoms with Crippen LogP contribution in [-0.4, -0.2) is 21.0 Å². The van der Waals surface area contributed by atoms with Gasteiger partial charge in [0.1, 0.15) is 11.6 Å². The number of imidazole rings is 1. The summed E-state index contributed by atoms with van der Waals surface area (Å²) in [6.07, 6.45) is 5.91. The largest absolute Gasteiger partial charge is 0.347 e. The number of aryl methyl sites for hydroxylation is 1. The Bertz CT molecular complexity index is 1020. The van der Waals surface area contributed by atoms with Crippen molar-refractivity contribution in [1.82, 2.24) is 14.9 Å². The molecular formula is C23H24FN3O. The van der Waals surface area contributed by atoms with Crippen molar-refractivity contribution in [2.75, 3.05) is 0 Å². The number of nitrogens with one attached hydrogen (secondary N) is 1. The zero-order chi connectivity index (χ0) is 19.9. The van der Waals surface area contributed by atoms with Gasteiger partial charge >= 0.3 is 0 Å². The van der Waals surface area contributed by atoms with E-state index < -0.39 is 0 Å². The Hall–Kier alpha value is -2.95. The van der Waals surface area contributed by atoms with E-state index in [1.54, 1.807) is 18.3 Å². The lowest BCUT2D eigenvalue weighted by atomic mass is 9.97. The number of carbonyl (C=O) groups excluding carboxylic acids is 1. The van der Waals surface area contributed by atoms with Crippen molar-refractivity contribution in [2.24, 2.45) is 5.92 Å². The molecule has 28 heavy (non-hydrogen) atoms. The summed E-state index contributed by atoms with van der Waals surface area (Å²) in [5, 5.41) is 3.19. The minimum Gasteiger partial charge on any atom is -0.347 e. The molecule has 1 aromatic heterocycles. The Balaban J connectivity index is 1.76. The molecule has 2 aromatic carbocycles. The van der Waals surface area contributed by atoms with Gasteiger partial charge in [-0.25, -0.2) is 9.37 Å². The Morgan fingerprint density at radius 2 is 1.86 bits per heavy atom. The van der Waals surface area contributed by atoms with Gasteiger partial charge in [0, 0.05) is 29.2 Å². The summed E-state index contributed by atoms with van der Waals surface area (Å²) < 4.78 is 15.3. The number of benzene rings is 2. The van der Waals surface area contributed by atoms with Gasteiger partial charge in [0.25, 0.3) is 5.91 Å². The van der Waals surface area contributed by atoms with E-state index in [1.807, 2.05) is 35.9 Å². The first-order valence-electron chi connectivity index (χ1n) is 9.57. The van der Waals surface area contributed by atoms with Gasteiger partial charge in [-0.1, -0.05) is 12.1 Å². The topological polar surface area (TPSA) is 46.9 Å². The fourth-order valence-electron chi connectivity index (χ4n) is 3.61. The number of hydrogen-bond donors (Lipinski definition) is 1. The third kappa shape index (κ3) is 3.70. The van der Waals surface area contributed by atoms with E-state index in [0.717, 1.165) is 35.5 Å². The van der Waals surface area contributed by atoms with Crippen molar-refractivity contribution < 1.29 is 9.18 Å². The predicted molar refractivity (Wildman–Crippen MR) is 108 cm³/mol. The second kappa shape index (κ2) is 6.89. The van der Waals surface area contributed by atoms with Gasteiger partial charge in [0.2, 0.25) is 0 Å². The first kappa shape index (κ1) is 18.4. The number of aromatic nitrogens is 2. The number of halogens is 1. The van der Waals surface area contributed by atoms with Gasteiger partial charge in [0.15, 0.2) is 0 Å². The number of amides is 1. The highest BCUT2D eigenvalue weighted by molar-refractivity contribution is 5.96. The van der Waals surface area contributed by atoms with Crippen LogP contribution in [0.25, 0.3) is 16.8 Å². The molecule has 1 N–H and O–H groups in total. The van der Waals surface area contributed by atoms with Crippen LogP contribution >= 0.6 is 0 Å². The molecule has 1 aliphatic carbocycles. The quantitative estimate of drug-likeness (QED) is 0.687. The average Bonchev–Trinajstić information content (AvgIpc) is 3.44. The van der Waals surface area contributed by atoms with Crippen LogP contribution in [0.1, 0.15) is 42.9 Å². The molecular weight excluding hydrogens is 353 g/mol. The van der Waals surface area contributed by atoms with Crippen molar-refractivity contribution in [3.8, 4) is 16.8 Å². The van der Waals surface area contributed by atoms with Crippen LogP contribution in [0.4, 0.5) is 4.39 Å². The summed E-state index contributed by atoms with van der Waals surface area (Å²) in [6, 6.07) is 12.0. The molecule has 0 unspecified atom stereocenters. The molecule has 1 amide bonds. The lowest BCUT2D eigenvalue weighted by Gasteiger charge is -2.26. The third-order valence-electron chi connectivity index (χ3n) is 5.50. The summed E-state index contributed by atoms with van der Waals surface area (Å²) in [6.45, 7) is 6.07. The fraction of sp³-hybridized carbons (Fsp3) is 0.304. The second-order valence-corrected chi connectivity index (χ2v) is 8.07. The molecule has 5 heteroatoms. The molecule has 0 spiro atoms. The molecule has 3 aromatic rings. The van der Waals surface area contributed by atoms with E-state index in [1.165, 1.54) is 12.1 Å². The first-order chi connectivity index (χ1) is 13.3. The van der Waals surface area contributed by atoms with Crippen LogP contribution in [0.15, 0.2) is 54.9 Å². The van der Waals surface area contributed by atoms with E-state index in [9.17, 15) is 9.18 Å². The van der Waals surface area contributed by atoms with E-state index in [0.29, 0.717) is 11.5 Å².